The molecule has 5 atom stereocenters. The fourth-order valence-electron chi connectivity index (χ4n) is 1.64. The van der Waals surface area contributed by atoms with E-state index >= 15 is 0 Å². The second kappa shape index (κ2) is 8.42. The van der Waals surface area contributed by atoms with E-state index in [1.807, 2.05) is 0 Å². The van der Waals surface area contributed by atoms with Gasteiger partial charge < -0.3 is 29.0 Å². The largest absolute Gasteiger partial charge is 0.490 e. The summed E-state index contributed by atoms with van der Waals surface area (Å²) in [5.74, 6) is 0.0203. The summed E-state index contributed by atoms with van der Waals surface area (Å²) in [5, 5.41) is 0. The highest BCUT2D eigenvalue weighted by atomic mass is 32.1. The molecular weight excluding hydrogens is 400 g/mol. The normalized spacial score (nSPS) is 30.7. The molecule has 1 aliphatic heterocycles. The topological polar surface area (TPSA) is 178 Å². The number of phosphoric ester groups is 1. The van der Waals surface area contributed by atoms with Crippen LogP contribution in [0.25, 0.3) is 0 Å². The van der Waals surface area contributed by atoms with Gasteiger partial charge in [0, 0.05) is 6.00 Å². The fraction of sp³-hybridized carbons (Fsp3) is 1.00. The highest BCUT2D eigenvalue weighted by Gasteiger charge is 2.42. The molecule has 0 aromatic carbocycles. The second-order valence-corrected chi connectivity index (χ2v) is 8.85. The van der Waals surface area contributed by atoms with E-state index in [9.17, 15) is 18.6 Å². The minimum absolute atomic E-state index is 0.0203. The summed E-state index contributed by atoms with van der Waals surface area (Å²) in [7, 11) is -10.7. The van der Waals surface area contributed by atoms with Gasteiger partial charge in [-0.25, -0.2) is 13.7 Å². The van der Waals surface area contributed by atoms with Gasteiger partial charge in [0.2, 0.25) is 0 Å². The van der Waals surface area contributed by atoms with Crippen LogP contribution in [0.5, 0.6) is 0 Å². The Balaban J connectivity index is 2.60. The van der Waals surface area contributed by atoms with Crippen molar-refractivity contribution in [1.29, 1.82) is 0 Å². The summed E-state index contributed by atoms with van der Waals surface area (Å²) in [4.78, 5) is 35.0. The monoisotopic (exact) mass is 414 g/mol. The Hall–Kier alpha value is 0.745. The van der Waals surface area contributed by atoms with Crippen molar-refractivity contribution in [3.05, 3.63) is 0 Å². The molecule has 3 unspecified atom stereocenters. The lowest BCUT2D eigenvalue weighted by molar-refractivity contribution is -0.0236. The molecule has 12 nitrogen and oxygen atoms in total. The zero-order valence-corrected chi connectivity index (χ0v) is 14.9. The summed E-state index contributed by atoms with van der Waals surface area (Å²) >= 11 is 3.84. The van der Waals surface area contributed by atoms with Crippen LogP contribution in [0.2, 0.25) is 0 Å². The van der Waals surface area contributed by atoms with Crippen LogP contribution in [0, 0.1) is 0 Å². The molecule has 17 heteroatoms. The molecule has 0 aromatic rings. The molecule has 1 fully saturated rings. The standard InChI is InChI=1S/C6H14BO12P3S/c7-6-1-4(15-3-23)5(17-6)2-16-21(11,12)19-22(13,14)18-20(8,9)10/h4-6,23H,1-3H2,(H,11,12)(H,13,14)(H2,8,9,10)/t4-,5?,6-/m1/s1. The van der Waals surface area contributed by atoms with Crippen molar-refractivity contribution in [3.8, 4) is 0 Å². The van der Waals surface area contributed by atoms with E-state index in [1.54, 1.807) is 0 Å². The summed E-state index contributed by atoms with van der Waals surface area (Å²) in [6.45, 7) is -0.615. The predicted molar refractivity (Wildman–Crippen MR) is 77.6 cm³/mol. The summed E-state index contributed by atoms with van der Waals surface area (Å²) < 4.78 is 55.0. The van der Waals surface area contributed by atoms with Crippen LogP contribution in [0.4, 0.5) is 0 Å². The molecule has 4 N–H and O–H groups in total. The van der Waals surface area contributed by atoms with Gasteiger partial charge in [0.05, 0.1) is 18.6 Å². The maximum Gasteiger partial charge on any atom is 0.490 e. The Morgan fingerprint density at radius 3 is 2.26 bits per heavy atom. The van der Waals surface area contributed by atoms with Crippen molar-refractivity contribution in [2.45, 2.75) is 24.6 Å². The Kier molecular flexibility index (Phi) is 7.97. The number of hydrogen-bond donors (Lipinski definition) is 5. The van der Waals surface area contributed by atoms with Gasteiger partial charge in [-0.15, -0.1) is 0 Å². The van der Waals surface area contributed by atoms with Crippen molar-refractivity contribution in [3.63, 3.8) is 0 Å². The summed E-state index contributed by atoms with van der Waals surface area (Å²) in [6, 6.07) is -0.714. The van der Waals surface area contributed by atoms with Crippen molar-refractivity contribution in [2.24, 2.45) is 0 Å². The van der Waals surface area contributed by atoms with E-state index in [4.69, 9.17) is 32.0 Å². The van der Waals surface area contributed by atoms with Gasteiger partial charge in [-0.05, 0) is 6.42 Å². The molecule has 0 saturated carbocycles. The second-order valence-electron chi connectivity index (χ2n) is 4.17. The van der Waals surface area contributed by atoms with Crippen LogP contribution in [-0.2, 0) is 36.3 Å². The summed E-state index contributed by atoms with van der Waals surface area (Å²) in [5.41, 5.74) is 0. The maximum absolute atomic E-state index is 11.5. The molecule has 2 radical (unpaired) electrons. The van der Waals surface area contributed by atoms with E-state index in [2.05, 4.69) is 25.8 Å². The van der Waals surface area contributed by atoms with Gasteiger partial charge >= 0.3 is 23.5 Å². The van der Waals surface area contributed by atoms with Gasteiger partial charge in [0.1, 0.15) is 14.0 Å². The molecule has 1 rings (SSSR count). The number of hydrogen-bond acceptors (Lipinski definition) is 9. The summed E-state index contributed by atoms with van der Waals surface area (Å²) in [6.07, 6.45) is -1.23. The molecule has 0 spiro atoms. The van der Waals surface area contributed by atoms with Crippen LogP contribution in [0.3, 0.4) is 0 Å². The van der Waals surface area contributed by atoms with Crippen LogP contribution < -0.4 is 0 Å². The Morgan fingerprint density at radius 1 is 1.13 bits per heavy atom. The van der Waals surface area contributed by atoms with E-state index in [1.165, 1.54) is 0 Å². The molecule has 0 aliphatic carbocycles. The molecule has 23 heavy (non-hydrogen) atoms. The molecule has 0 aromatic heterocycles. The Morgan fingerprint density at radius 2 is 1.74 bits per heavy atom. The molecule has 0 bridgehead atoms. The lowest BCUT2D eigenvalue weighted by atomic mass is 9.96. The lowest BCUT2D eigenvalue weighted by Crippen LogP contribution is -2.28. The van der Waals surface area contributed by atoms with Gasteiger partial charge in [-0.1, -0.05) is 0 Å². The smallest absolute Gasteiger partial charge is 0.380 e. The minimum Gasteiger partial charge on any atom is -0.380 e. The van der Waals surface area contributed by atoms with E-state index in [0.717, 1.165) is 0 Å². The maximum atomic E-state index is 11.5. The van der Waals surface area contributed by atoms with Gasteiger partial charge in [0.15, 0.2) is 0 Å². The zero-order valence-electron chi connectivity index (χ0n) is 11.3. The number of phosphoric acid groups is 3. The average Bonchev–Trinajstić information content (AvgIpc) is 2.63. The van der Waals surface area contributed by atoms with Crippen LogP contribution in [0.1, 0.15) is 6.42 Å². The SMILES string of the molecule is [B][C@H]1C[C@@H](OCS)C(COP(=O)(O)OP(=O)(O)OP(=O)(O)O)O1. The minimum atomic E-state index is -5.55. The van der Waals surface area contributed by atoms with Crippen molar-refractivity contribution in [2.75, 3.05) is 12.5 Å². The van der Waals surface area contributed by atoms with Gasteiger partial charge in [-0.2, -0.15) is 21.3 Å². The molecule has 134 valence electrons. The van der Waals surface area contributed by atoms with Crippen LogP contribution >= 0.6 is 36.1 Å². The molecule has 1 saturated heterocycles. The highest BCUT2D eigenvalue weighted by Crippen LogP contribution is 2.66. The number of ether oxygens (including phenoxy) is 2. The number of rotatable bonds is 9. The van der Waals surface area contributed by atoms with E-state index < -0.39 is 48.3 Å². The van der Waals surface area contributed by atoms with Gasteiger partial charge in [0.25, 0.3) is 0 Å². The first-order valence-electron chi connectivity index (χ1n) is 5.75. The third kappa shape index (κ3) is 8.60. The lowest BCUT2D eigenvalue weighted by Gasteiger charge is -2.20. The third-order valence-corrected chi connectivity index (χ3v) is 6.29. The van der Waals surface area contributed by atoms with Gasteiger partial charge in [-0.3, -0.25) is 4.52 Å². The molecule has 1 aliphatic rings. The first-order chi connectivity index (χ1) is 10.3. The Bertz CT molecular complexity index is 539. The zero-order chi connectivity index (χ0) is 17.9. The average molecular weight is 414 g/mol. The van der Waals surface area contributed by atoms with Crippen molar-refractivity contribution in [1.82, 2.24) is 0 Å². The van der Waals surface area contributed by atoms with Crippen LogP contribution in [0.15, 0.2) is 0 Å². The first-order valence-corrected chi connectivity index (χ1v) is 10.9. The highest BCUT2D eigenvalue weighted by molar-refractivity contribution is 7.80. The Labute approximate surface area is 137 Å². The molecule has 0 amide bonds. The third-order valence-electron chi connectivity index (χ3n) is 2.34. The van der Waals surface area contributed by atoms with Crippen molar-refractivity contribution < 1.29 is 55.9 Å². The first kappa shape index (κ1) is 21.8. The van der Waals surface area contributed by atoms with Crippen molar-refractivity contribution >= 4 is 43.9 Å². The number of thiol groups is 1. The molecular formula is C6H14BO12P3S. The predicted octanol–water partition coefficient (Wildman–Crippen LogP) is -0.114. The van der Waals surface area contributed by atoms with E-state index in [0.29, 0.717) is 0 Å². The quantitative estimate of drug-likeness (QED) is 0.147. The fourth-order valence-corrected chi connectivity index (χ4v) is 4.86. The van der Waals surface area contributed by atoms with E-state index in [-0.39, 0.29) is 12.4 Å². The van der Waals surface area contributed by atoms with Crippen LogP contribution in [-0.4, -0.2) is 58.2 Å². The molecule has 1 heterocycles.